The number of carbonyl (C=O) groups excluding carboxylic acids is 1. The van der Waals surface area contributed by atoms with E-state index in [1.165, 1.54) is 0 Å². The van der Waals surface area contributed by atoms with Crippen molar-refractivity contribution in [2.24, 2.45) is 0 Å². The molecule has 0 spiro atoms. The molecule has 0 saturated carbocycles. The van der Waals surface area contributed by atoms with Gasteiger partial charge in [0.1, 0.15) is 0 Å². The van der Waals surface area contributed by atoms with Crippen molar-refractivity contribution in [1.29, 1.82) is 0 Å². The zero-order valence-electron chi connectivity index (χ0n) is 14.0. The number of benzene rings is 1. The molecule has 1 fully saturated rings. The van der Waals surface area contributed by atoms with Crippen LogP contribution in [0, 0.1) is 0 Å². The highest BCUT2D eigenvalue weighted by molar-refractivity contribution is 5.78. The zero-order valence-corrected chi connectivity index (χ0v) is 14.0. The first-order valence-electron chi connectivity index (χ1n) is 8.36. The van der Waals surface area contributed by atoms with Crippen LogP contribution in [0.3, 0.4) is 0 Å². The highest BCUT2D eigenvalue weighted by atomic mass is 16.3. The van der Waals surface area contributed by atoms with Crippen molar-refractivity contribution in [3.63, 3.8) is 0 Å². The molecule has 1 amide bonds. The lowest BCUT2D eigenvalue weighted by Gasteiger charge is -2.30. The second-order valence-corrected chi connectivity index (χ2v) is 6.37. The Bertz CT molecular complexity index is 663. The Morgan fingerprint density at radius 1 is 1.25 bits per heavy atom. The summed E-state index contributed by atoms with van der Waals surface area (Å²) in [5, 5.41) is 14.1. The number of hydrogen-bond donors (Lipinski definition) is 1. The predicted octanol–water partition coefficient (Wildman–Crippen LogP) is 1.29. The quantitative estimate of drug-likeness (QED) is 0.898. The third-order valence-corrected chi connectivity index (χ3v) is 4.32. The number of para-hydroxylation sites is 1. The van der Waals surface area contributed by atoms with E-state index in [0.29, 0.717) is 39.0 Å². The molecule has 1 aliphatic heterocycles. The molecule has 0 atom stereocenters. The van der Waals surface area contributed by atoms with Crippen LogP contribution >= 0.6 is 0 Å². The van der Waals surface area contributed by atoms with Gasteiger partial charge in [-0.3, -0.25) is 9.69 Å². The summed E-state index contributed by atoms with van der Waals surface area (Å²) < 4.78 is 1.84. The van der Waals surface area contributed by atoms with E-state index in [1.54, 1.807) is 0 Å². The zero-order chi connectivity index (χ0) is 16.9. The number of amides is 1. The molecule has 1 aliphatic rings. The molecule has 2 aromatic rings. The minimum absolute atomic E-state index is 0.117. The Hall–Kier alpha value is -2.18. The lowest BCUT2D eigenvalue weighted by atomic mass is 10.1. The molecule has 1 N–H and O–H groups in total. The molecular weight excluding hydrogens is 304 g/mol. The van der Waals surface area contributed by atoms with Crippen molar-refractivity contribution in [3.05, 3.63) is 48.3 Å². The number of aliphatic hydroxyl groups is 1. The number of nitrogens with zero attached hydrogens (tertiary/aromatic N) is 4. The average Bonchev–Trinajstić information content (AvgIpc) is 3.04. The van der Waals surface area contributed by atoms with Crippen LogP contribution < -0.4 is 0 Å². The summed E-state index contributed by atoms with van der Waals surface area (Å²) in [4.78, 5) is 16.1. The van der Waals surface area contributed by atoms with Crippen LogP contribution in [0.2, 0.25) is 0 Å². The van der Waals surface area contributed by atoms with Gasteiger partial charge in [-0.15, -0.1) is 0 Å². The maximum absolute atomic E-state index is 12.3. The summed E-state index contributed by atoms with van der Waals surface area (Å²) in [5.74, 6) is 0.117. The third-order valence-electron chi connectivity index (χ3n) is 4.32. The molecular formula is C18H24N4O2. The van der Waals surface area contributed by atoms with Crippen LogP contribution in [0.4, 0.5) is 0 Å². The van der Waals surface area contributed by atoms with Crippen LogP contribution in [-0.2, 0) is 11.3 Å². The van der Waals surface area contributed by atoms with E-state index in [2.05, 4.69) is 5.10 Å². The van der Waals surface area contributed by atoms with Gasteiger partial charge in [0.2, 0.25) is 5.91 Å². The van der Waals surface area contributed by atoms with Gasteiger partial charge in [0, 0.05) is 25.8 Å². The molecule has 1 aromatic heterocycles. The SMILES string of the molecule is CN(CC(=O)N1CCC(O)CC1)Cc1ccn(-c2ccccc2)n1. The first-order valence-corrected chi connectivity index (χ1v) is 8.36. The van der Waals surface area contributed by atoms with Gasteiger partial charge in [-0.25, -0.2) is 4.68 Å². The molecule has 0 unspecified atom stereocenters. The molecule has 0 bridgehead atoms. The van der Waals surface area contributed by atoms with Crippen molar-refractivity contribution >= 4 is 5.91 Å². The van der Waals surface area contributed by atoms with E-state index >= 15 is 0 Å². The van der Waals surface area contributed by atoms with Crippen LogP contribution in [0.1, 0.15) is 18.5 Å². The van der Waals surface area contributed by atoms with E-state index in [1.807, 2.05) is 64.1 Å². The summed E-state index contributed by atoms with van der Waals surface area (Å²) in [6.07, 6.45) is 3.04. The topological polar surface area (TPSA) is 61.6 Å². The van der Waals surface area contributed by atoms with Gasteiger partial charge >= 0.3 is 0 Å². The van der Waals surface area contributed by atoms with E-state index in [4.69, 9.17) is 0 Å². The molecule has 128 valence electrons. The van der Waals surface area contributed by atoms with Crippen LogP contribution in [0.25, 0.3) is 5.69 Å². The smallest absolute Gasteiger partial charge is 0.236 e. The number of likely N-dealkylation sites (tertiary alicyclic amines) is 1. The van der Waals surface area contributed by atoms with E-state index in [9.17, 15) is 9.90 Å². The first-order chi connectivity index (χ1) is 11.6. The molecule has 1 saturated heterocycles. The van der Waals surface area contributed by atoms with Gasteiger partial charge in [0.25, 0.3) is 0 Å². The fraction of sp³-hybridized carbons (Fsp3) is 0.444. The summed E-state index contributed by atoms with van der Waals surface area (Å²) in [6.45, 7) is 2.29. The highest BCUT2D eigenvalue weighted by Gasteiger charge is 2.22. The van der Waals surface area contributed by atoms with Crippen molar-refractivity contribution in [2.45, 2.75) is 25.5 Å². The number of aliphatic hydroxyl groups excluding tert-OH is 1. The second-order valence-electron chi connectivity index (χ2n) is 6.37. The number of rotatable bonds is 5. The standard InChI is InChI=1S/C18H24N4O2/c1-20(14-18(24)21-10-8-17(23)9-11-21)13-15-7-12-22(19-15)16-5-3-2-4-6-16/h2-7,12,17,23H,8-11,13-14H2,1H3. The summed E-state index contributed by atoms with van der Waals surface area (Å²) >= 11 is 0. The lowest BCUT2D eigenvalue weighted by Crippen LogP contribution is -2.44. The van der Waals surface area contributed by atoms with Crippen molar-refractivity contribution < 1.29 is 9.90 Å². The number of likely N-dealkylation sites (N-methyl/N-ethyl adjacent to an activating group) is 1. The monoisotopic (exact) mass is 328 g/mol. The highest BCUT2D eigenvalue weighted by Crippen LogP contribution is 2.11. The minimum Gasteiger partial charge on any atom is -0.393 e. The van der Waals surface area contributed by atoms with Gasteiger partial charge in [-0.2, -0.15) is 5.10 Å². The van der Waals surface area contributed by atoms with E-state index < -0.39 is 0 Å². The Morgan fingerprint density at radius 3 is 2.67 bits per heavy atom. The predicted molar refractivity (Wildman–Crippen MR) is 91.7 cm³/mol. The number of carbonyl (C=O) groups is 1. The average molecular weight is 328 g/mol. The van der Waals surface area contributed by atoms with Crippen LogP contribution in [0.5, 0.6) is 0 Å². The van der Waals surface area contributed by atoms with E-state index in [0.717, 1.165) is 11.4 Å². The Labute approximate surface area is 142 Å². The van der Waals surface area contributed by atoms with Crippen LogP contribution in [-0.4, -0.2) is 63.4 Å². The van der Waals surface area contributed by atoms with Crippen molar-refractivity contribution in [2.75, 3.05) is 26.7 Å². The molecule has 1 aromatic carbocycles. The largest absolute Gasteiger partial charge is 0.393 e. The van der Waals surface area contributed by atoms with Crippen LogP contribution in [0.15, 0.2) is 42.6 Å². The molecule has 24 heavy (non-hydrogen) atoms. The molecule has 2 heterocycles. The van der Waals surface area contributed by atoms with Gasteiger partial charge in [-0.1, -0.05) is 18.2 Å². The van der Waals surface area contributed by atoms with E-state index in [-0.39, 0.29) is 12.0 Å². The number of aromatic nitrogens is 2. The van der Waals surface area contributed by atoms with Gasteiger partial charge in [0.05, 0.1) is 24.0 Å². The fourth-order valence-electron chi connectivity index (χ4n) is 2.95. The number of piperidine rings is 1. The normalized spacial score (nSPS) is 15.9. The summed E-state index contributed by atoms with van der Waals surface area (Å²) in [5.41, 5.74) is 1.96. The lowest BCUT2D eigenvalue weighted by molar-refractivity contribution is -0.134. The molecule has 0 aliphatic carbocycles. The van der Waals surface area contributed by atoms with Gasteiger partial charge < -0.3 is 10.0 Å². The summed E-state index contributed by atoms with van der Waals surface area (Å²) in [6, 6.07) is 11.9. The first kappa shape index (κ1) is 16.7. The maximum atomic E-state index is 12.3. The fourth-order valence-corrected chi connectivity index (χ4v) is 2.95. The molecule has 3 rings (SSSR count). The Kier molecular flexibility index (Phi) is 5.27. The van der Waals surface area contributed by atoms with Crippen molar-refractivity contribution in [3.8, 4) is 5.69 Å². The number of hydrogen-bond acceptors (Lipinski definition) is 4. The summed E-state index contributed by atoms with van der Waals surface area (Å²) in [7, 11) is 1.93. The second kappa shape index (κ2) is 7.59. The molecule has 6 heteroatoms. The molecule has 6 nitrogen and oxygen atoms in total. The Morgan fingerprint density at radius 2 is 1.96 bits per heavy atom. The molecule has 0 radical (unpaired) electrons. The Balaban J connectivity index is 1.53. The van der Waals surface area contributed by atoms with Gasteiger partial charge in [0.15, 0.2) is 0 Å². The third kappa shape index (κ3) is 4.21. The van der Waals surface area contributed by atoms with Gasteiger partial charge in [-0.05, 0) is 38.1 Å². The van der Waals surface area contributed by atoms with Crippen molar-refractivity contribution in [1.82, 2.24) is 19.6 Å². The maximum Gasteiger partial charge on any atom is 0.236 e. The minimum atomic E-state index is -0.256.